The summed E-state index contributed by atoms with van der Waals surface area (Å²) in [6.45, 7) is 7.86. The third-order valence-corrected chi connectivity index (χ3v) is 3.73. The van der Waals surface area contributed by atoms with Gasteiger partial charge in [0.05, 0.1) is 12.7 Å². The van der Waals surface area contributed by atoms with Crippen molar-refractivity contribution in [3.8, 4) is 6.07 Å². The largest absolute Gasteiger partial charge is 0.394 e. The lowest BCUT2D eigenvalue weighted by molar-refractivity contribution is 0.0366. The van der Waals surface area contributed by atoms with Crippen molar-refractivity contribution >= 4 is 0 Å². The van der Waals surface area contributed by atoms with Crippen molar-refractivity contribution in [2.45, 2.75) is 58.4 Å². The Balaban J connectivity index is 2.57. The maximum Gasteiger partial charge on any atom is 0.0622 e. The first kappa shape index (κ1) is 14.5. The van der Waals surface area contributed by atoms with Gasteiger partial charge in [-0.1, -0.05) is 20.8 Å². The molecule has 3 heteroatoms. The molecule has 0 aromatic heterocycles. The first-order chi connectivity index (χ1) is 7.93. The molecule has 2 atom stereocenters. The van der Waals surface area contributed by atoms with E-state index in [0.29, 0.717) is 17.8 Å². The lowest BCUT2D eigenvalue weighted by atomic mass is 9.64. The molecule has 0 heterocycles. The minimum Gasteiger partial charge on any atom is -0.394 e. The van der Waals surface area contributed by atoms with Crippen molar-refractivity contribution in [2.75, 3.05) is 13.2 Å². The predicted molar refractivity (Wildman–Crippen MR) is 69.5 cm³/mol. The Labute approximate surface area is 105 Å². The first-order valence-corrected chi connectivity index (χ1v) is 6.66. The summed E-state index contributed by atoms with van der Waals surface area (Å²) < 4.78 is 0. The van der Waals surface area contributed by atoms with Gasteiger partial charge in [0.15, 0.2) is 0 Å². The molecular formula is C14H26N2O. The van der Waals surface area contributed by atoms with Crippen LogP contribution >= 0.6 is 0 Å². The highest BCUT2D eigenvalue weighted by Gasteiger charge is 2.41. The molecule has 1 aliphatic rings. The Kier molecular flexibility index (Phi) is 4.97. The van der Waals surface area contributed by atoms with E-state index in [0.717, 1.165) is 25.8 Å². The second-order valence-corrected chi connectivity index (χ2v) is 6.48. The third-order valence-electron chi connectivity index (χ3n) is 3.73. The van der Waals surface area contributed by atoms with Crippen LogP contribution in [0.2, 0.25) is 0 Å². The Bertz CT molecular complexity index is 282. The average Bonchev–Trinajstić information content (AvgIpc) is 2.22. The fourth-order valence-corrected chi connectivity index (χ4v) is 3.57. The summed E-state index contributed by atoms with van der Waals surface area (Å²) in [6, 6.07) is 2.16. The van der Waals surface area contributed by atoms with E-state index in [2.05, 4.69) is 32.2 Å². The number of rotatable bonds is 5. The summed E-state index contributed by atoms with van der Waals surface area (Å²) in [4.78, 5) is 0. The van der Waals surface area contributed by atoms with Crippen molar-refractivity contribution in [3.63, 3.8) is 0 Å². The zero-order valence-electron chi connectivity index (χ0n) is 11.4. The number of hydrogen-bond acceptors (Lipinski definition) is 3. The molecule has 3 nitrogen and oxygen atoms in total. The van der Waals surface area contributed by atoms with Gasteiger partial charge in [0.2, 0.25) is 0 Å². The van der Waals surface area contributed by atoms with Gasteiger partial charge in [0.25, 0.3) is 0 Å². The smallest absolute Gasteiger partial charge is 0.0622 e. The zero-order chi connectivity index (χ0) is 12.9. The highest BCUT2D eigenvalue weighted by Crippen LogP contribution is 2.43. The molecule has 1 fully saturated rings. The zero-order valence-corrected chi connectivity index (χ0v) is 11.4. The van der Waals surface area contributed by atoms with Gasteiger partial charge in [-0.15, -0.1) is 0 Å². The SMILES string of the molecule is C[C@@H]1CC(C)(C)C[C@](CO)(NCCCC#N)C1. The maximum atomic E-state index is 9.72. The molecule has 1 rings (SSSR count). The van der Waals surface area contributed by atoms with Crippen LogP contribution in [-0.4, -0.2) is 23.8 Å². The minimum absolute atomic E-state index is 0.128. The number of nitrogens with one attached hydrogen (secondary N) is 1. The molecule has 0 radical (unpaired) electrons. The number of nitrogens with zero attached hydrogens (tertiary/aromatic N) is 1. The average molecular weight is 238 g/mol. The molecule has 0 amide bonds. The molecule has 1 aliphatic carbocycles. The van der Waals surface area contributed by atoms with Crippen LogP contribution in [0.5, 0.6) is 0 Å². The van der Waals surface area contributed by atoms with E-state index < -0.39 is 0 Å². The summed E-state index contributed by atoms with van der Waals surface area (Å²) in [5.41, 5.74) is 0.166. The summed E-state index contributed by atoms with van der Waals surface area (Å²) in [5, 5.41) is 21.7. The Morgan fingerprint density at radius 1 is 1.41 bits per heavy atom. The van der Waals surface area contributed by atoms with E-state index in [-0.39, 0.29) is 12.1 Å². The molecule has 0 aromatic carbocycles. The third kappa shape index (κ3) is 4.29. The van der Waals surface area contributed by atoms with Gasteiger partial charge in [0.1, 0.15) is 0 Å². The van der Waals surface area contributed by atoms with Crippen LogP contribution in [0.15, 0.2) is 0 Å². The van der Waals surface area contributed by atoms with Crippen molar-refractivity contribution in [1.82, 2.24) is 5.32 Å². The van der Waals surface area contributed by atoms with Gasteiger partial charge in [-0.25, -0.2) is 0 Å². The monoisotopic (exact) mass is 238 g/mol. The second kappa shape index (κ2) is 5.84. The molecule has 0 saturated heterocycles. The highest BCUT2D eigenvalue weighted by molar-refractivity contribution is 4.98. The molecule has 2 N–H and O–H groups in total. The number of aliphatic hydroxyl groups is 1. The topological polar surface area (TPSA) is 56.0 Å². The van der Waals surface area contributed by atoms with Crippen LogP contribution in [0.1, 0.15) is 52.9 Å². The first-order valence-electron chi connectivity index (χ1n) is 6.66. The van der Waals surface area contributed by atoms with Crippen molar-refractivity contribution in [2.24, 2.45) is 11.3 Å². The van der Waals surface area contributed by atoms with Gasteiger partial charge >= 0.3 is 0 Å². The van der Waals surface area contributed by atoms with Crippen LogP contribution in [0.25, 0.3) is 0 Å². The number of nitriles is 1. The Morgan fingerprint density at radius 2 is 2.12 bits per heavy atom. The van der Waals surface area contributed by atoms with E-state index in [1.54, 1.807) is 0 Å². The molecule has 0 spiro atoms. The lowest BCUT2D eigenvalue weighted by Gasteiger charge is -2.47. The van der Waals surface area contributed by atoms with Crippen LogP contribution < -0.4 is 5.32 Å². The van der Waals surface area contributed by atoms with E-state index in [1.807, 2.05) is 0 Å². The number of unbranched alkanes of at least 4 members (excludes halogenated alkanes) is 1. The summed E-state index contributed by atoms with van der Waals surface area (Å²) in [5.74, 6) is 0.648. The Hall–Kier alpha value is -0.590. The fourth-order valence-electron chi connectivity index (χ4n) is 3.57. The quantitative estimate of drug-likeness (QED) is 0.723. The van der Waals surface area contributed by atoms with Crippen LogP contribution in [0, 0.1) is 22.7 Å². The van der Waals surface area contributed by atoms with E-state index in [4.69, 9.17) is 5.26 Å². The minimum atomic E-state index is -0.128. The van der Waals surface area contributed by atoms with E-state index in [9.17, 15) is 5.11 Å². The maximum absolute atomic E-state index is 9.72. The molecule has 98 valence electrons. The van der Waals surface area contributed by atoms with Crippen LogP contribution in [0.3, 0.4) is 0 Å². The van der Waals surface area contributed by atoms with Gasteiger partial charge in [0, 0.05) is 12.0 Å². The van der Waals surface area contributed by atoms with Gasteiger partial charge < -0.3 is 10.4 Å². The van der Waals surface area contributed by atoms with Crippen molar-refractivity contribution in [3.05, 3.63) is 0 Å². The normalized spacial score (nSPS) is 32.1. The summed E-state index contributed by atoms with van der Waals surface area (Å²) in [7, 11) is 0. The van der Waals surface area contributed by atoms with Gasteiger partial charge in [-0.05, 0) is 43.6 Å². The molecule has 0 unspecified atom stereocenters. The molecule has 0 aromatic rings. The molecule has 0 aliphatic heterocycles. The highest BCUT2D eigenvalue weighted by atomic mass is 16.3. The lowest BCUT2D eigenvalue weighted by Crippen LogP contribution is -2.55. The standard InChI is InChI=1S/C14H26N2O/c1-12-8-13(2,3)10-14(9-12,11-17)16-7-5-4-6-15/h12,16-17H,4-5,7-11H2,1-3H3/t12-,14-/m1/s1. The van der Waals surface area contributed by atoms with E-state index in [1.165, 1.54) is 6.42 Å². The second-order valence-electron chi connectivity index (χ2n) is 6.48. The molecular weight excluding hydrogens is 212 g/mol. The number of aliphatic hydroxyl groups excluding tert-OH is 1. The number of hydrogen-bond donors (Lipinski definition) is 2. The molecule has 17 heavy (non-hydrogen) atoms. The van der Waals surface area contributed by atoms with Crippen LogP contribution in [0.4, 0.5) is 0 Å². The summed E-state index contributed by atoms with van der Waals surface area (Å²) >= 11 is 0. The van der Waals surface area contributed by atoms with E-state index >= 15 is 0 Å². The van der Waals surface area contributed by atoms with Crippen molar-refractivity contribution < 1.29 is 5.11 Å². The fraction of sp³-hybridized carbons (Fsp3) is 0.929. The summed E-state index contributed by atoms with van der Waals surface area (Å²) in [6.07, 6.45) is 4.75. The Morgan fingerprint density at radius 3 is 2.65 bits per heavy atom. The predicted octanol–water partition coefficient (Wildman–Crippen LogP) is 2.46. The van der Waals surface area contributed by atoms with Gasteiger partial charge in [-0.2, -0.15) is 5.26 Å². The molecule has 1 saturated carbocycles. The van der Waals surface area contributed by atoms with Crippen molar-refractivity contribution in [1.29, 1.82) is 5.26 Å². The van der Waals surface area contributed by atoms with Gasteiger partial charge in [-0.3, -0.25) is 0 Å². The molecule has 0 bridgehead atoms. The van der Waals surface area contributed by atoms with Crippen LogP contribution in [-0.2, 0) is 0 Å².